The number of rotatable bonds is 7. The molecule has 0 saturated carbocycles. The van der Waals surface area contributed by atoms with Crippen LogP contribution in [0.3, 0.4) is 0 Å². The fourth-order valence-electron chi connectivity index (χ4n) is 3.37. The first-order valence-electron chi connectivity index (χ1n) is 10.2. The number of carbonyl (C=O) groups is 3. The number of hydrogen-bond acceptors (Lipinski definition) is 4. The number of nitrogens with one attached hydrogen (secondary N) is 2. The zero-order valence-electron chi connectivity index (χ0n) is 17.6. The van der Waals surface area contributed by atoms with E-state index in [1.54, 1.807) is 72.8 Å². The van der Waals surface area contributed by atoms with Crippen LogP contribution < -0.4 is 10.6 Å². The van der Waals surface area contributed by atoms with E-state index in [2.05, 4.69) is 10.6 Å². The molecule has 3 aromatic carbocycles. The van der Waals surface area contributed by atoms with E-state index >= 15 is 0 Å². The first kappa shape index (κ1) is 23.8. The van der Waals surface area contributed by atoms with E-state index in [1.807, 2.05) is 0 Å². The van der Waals surface area contributed by atoms with Gasteiger partial charge in [0.15, 0.2) is 0 Å². The number of halogens is 3. The fourth-order valence-corrected chi connectivity index (χ4v) is 4.01. The van der Waals surface area contributed by atoms with Gasteiger partial charge in [-0.3, -0.25) is 19.3 Å². The van der Waals surface area contributed by atoms with Crippen molar-refractivity contribution in [2.24, 2.45) is 0 Å². The number of hydrogen-bond donors (Lipinski definition) is 2. The monoisotopic (exact) mass is 513 g/mol. The summed E-state index contributed by atoms with van der Waals surface area (Å²) in [5.41, 5.74) is 2.51. The topological polar surface area (TPSA) is 78.5 Å². The number of carbonyl (C=O) groups excluding carboxylic acids is 3. The number of nitrogens with zero attached hydrogens (tertiary/aromatic N) is 1. The van der Waals surface area contributed by atoms with Gasteiger partial charge in [-0.05, 0) is 47.5 Å². The summed E-state index contributed by atoms with van der Waals surface area (Å²) in [5.74, 6) is -1.38. The van der Waals surface area contributed by atoms with Crippen LogP contribution in [0.15, 0.2) is 83.5 Å². The highest BCUT2D eigenvalue weighted by Gasteiger charge is 2.37. The van der Waals surface area contributed by atoms with Crippen molar-refractivity contribution < 1.29 is 14.4 Å². The van der Waals surface area contributed by atoms with E-state index in [0.717, 1.165) is 10.5 Å². The first-order valence-corrected chi connectivity index (χ1v) is 11.4. The Morgan fingerprint density at radius 3 is 2.29 bits per heavy atom. The first-order chi connectivity index (χ1) is 16.3. The van der Waals surface area contributed by atoms with Gasteiger partial charge in [-0.25, -0.2) is 0 Å². The van der Waals surface area contributed by atoms with Crippen LogP contribution in [-0.4, -0.2) is 22.6 Å². The van der Waals surface area contributed by atoms with Crippen molar-refractivity contribution in [1.29, 1.82) is 0 Å². The highest BCUT2D eigenvalue weighted by atomic mass is 35.5. The molecule has 9 heteroatoms. The molecule has 0 aromatic heterocycles. The normalized spacial score (nSPS) is 13.4. The van der Waals surface area contributed by atoms with Crippen LogP contribution in [0.4, 0.5) is 5.69 Å². The summed E-state index contributed by atoms with van der Waals surface area (Å²) < 4.78 is 0. The maximum atomic E-state index is 12.8. The summed E-state index contributed by atoms with van der Waals surface area (Å²) in [7, 11) is 0. The van der Waals surface area contributed by atoms with Crippen molar-refractivity contribution in [3.63, 3.8) is 0 Å². The Kier molecular flexibility index (Phi) is 7.22. The second-order valence-electron chi connectivity index (χ2n) is 7.49. The molecule has 1 aliphatic heterocycles. The van der Waals surface area contributed by atoms with E-state index in [0.29, 0.717) is 26.9 Å². The van der Waals surface area contributed by atoms with Gasteiger partial charge >= 0.3 is 0 Å². The second kappa shape index (κ2) is 10.3. The van der Waals surface area contributed by atoms with Gasteiger partial charge in [0.05, 0.1) is 6.54 Å². The van der Waals surface area contributed by atoms with Crippen molar-refractivity contribution >= 4 is 58.2 Å². The van der Waals surface area contributed by atoms with Gasteiger partial charge < -0.3 is 10.6 Å². The fraction of sp³-hybridized carbons (Fsp3) is 0.0800. The Morgan fingerprint density at radius 1 is 0.853 bits per heavy atom. The van der Waals surface area contributed by atoms with Crippen LogP contribution in [-0.2, 0) is 22.7 Å². The Labute approximate surface area is 211 Å². The molecule has 172 valence electrons. The third-order valence-corrected chi connectivity index (χ3v) is 6.12. The van der Waals surface area contributed by atoms with E-state index in [9.17, 15) is 14.4 Å². The molecule has 0 saturated heterocycles. The molecule has 0 aliphatic carbocycles. The quantitative estimate of drug-likeness (QED) is 0.416. The predicted molar refractivity (Wildman–Crippen MR) is 133 cm³/mol. The number of anilines is 1. The third kappa shape index (κ3) is 5.25. The predicted octanol–water partition coefficient (Wildman–Crippen LogP) is 5.35. The van der Waals surface area contributed by atoms with Gasteiger partial charge in [0, 0.05) is 27.8 Å². The van der Waals surface area contributed by atoms with Gasteiger partial charge in [-0.1, -0.05) is 71.2 Å². The van der Waals surface area contributed by atoms with Crippen molar-refractivity contribution in [1.82, 2.24) is 10.2 Å². The molecule has 0 spiro atoms. The van der Waals surface area contributed by atoms with Crippen molar-refractivity contribution in [2.45, 2.75) is 13.1 Å². The summed E-state index contributed by atoms with van der Waals surface area (Å²) in [5, 5.41) is 6.53. The minimum Gasteiger partial charge on any atom is -0.375 e. The summed E-state index contributed by atoms with van der Waals surface area (Å²) in [4.78, 5) is 38.8. The highest BCUT2D eigenvalue weighted by molar-refractivity contribution is 6.47. The van der Waals surface area contributed by atoms with E-state index in [1.165, 1.54) is 0 Å². The minimum atomic E-state index is -0.581. The van der Waals surface area contributed by atoms with Crippen LogP contribution in [0.5, 0.6) is 0 Å². The van der Waals surface area contributed by atoms with Crippen LogP contribution in [0.1, 0.15) is 21.5 Å². The standard InChI is InChI=1S/C25H18Cl3N3O3/c26-18-5-3-6-19(12-18)30-23(32)16-10-8-15(9-11-16)13-29-22-21(28)24(33)31(25(22)34)14-17-4-1-2-7-20(17)27/h1-12,29H,13-14H2,(H,30,32). The van der Waals surface area contributed by atoms with Gasteiger partial charge in [-0.15, -0.1) is 0 Å². The maximum Gasteiger partial charge on any atom is 0.278 e. The van der Waals surface area contributed by atoms with Crippen LogP contribution >= 0.6 is 34.8 Å². The molecule has 6 nitrogen and oxygen atoms in total. The molecule has 0 fully saturated rings. The smallest absolute Gasteiger partial charge is 0.278 e. The summed E-state index contributed by atoms with van der Waals surface area (Å²) in [6.07, 6.45) is 0. The molecule has 0 unspecified atom stereocenters. The van der Waals surface area contributed by atoms with E-state index in [4.69, 9.17) is 34.8 Å². The summed E-state index contributed by atoms with van der Waals surface area (Å²) >= 11 is 18.3. The Bertz CT molecular complexity index is 1310. The zero-order chi connectivity index (χ0) is 24.2. The van der Waals surface area contributed by atoms with Gasteiger partial charge in [0.2, 0.25) is 0 Å². The van der Waals surface area contributed by atoms with Gasteiger partial charge in [0.1, 0.15) is 10.7 Å². The average molecular weight is 515 g/mol. The lowest BCUT2D eigenvalue weighted by Crippen LogP contribution is -2.33. The van der Waals surface area contributed by atoms with E-state index in [-0.39, 0.29) is 29.7 Å². The molecule has 1 aliphatic rings. The highest BCUT2D eigenvalue weighted by Crippen LogP contribution is 2.26. The van der Waals surface area contributed by atoms with Crippen LogP contribution in [0.25, 0.3) is 0 Å². The Balaban J connectivity index is 1.38. The molecular formula is C25H18Cl3N3O3. The zero-order valence-corrected chi connectivity index (χ0v) is 19.9. The van der Waals surface area contributed by atoms with Gasteiger partial charge in [-0.2, -0.15) is 0 Å². The minimum absolute atomic E-state index is 0.0230. The SMILES string of the molecule is O=C(Nc1cccc(Cl)c1)c1ccc(CNC2=C(Cl)C(=O)N(Cc3ccccc3Cl)C2=O)cc1. The van der Waals surface area contributed by atoms with Crippen LogP contribution in [0, 0.1) is 0 Å². The van der Waals surface area contributed by atoms with Crippen molar-refractivity contribution in [3.8, 4) is 0 Å². The lowest BCUT2D eigenvalue weighted by Gasteiger charge is -2.16. The van der Waals surface area contributed by atoms with Crippen molar-refractivity contribution in [3.05, 3.63) is 110 Å². The third-order valence-electron chi connectivity index (χ3n) is 5.17. The molecule has 0 bridgehead atoms. The second-order valence-corrected chi connectivity index (χ2v) is 8.71. The molecule has 3 aromatic rings. The number of amides is 3. The average Bonchev–Trinajstić information content (AvgIpc) is 3.02. The van der Waals surface area contributed by atoms with Crippen molar-refractivity contribution in [2.75, 3.05) is 5.32 Å². The Hall–Kier alpha value is -3.32. The maximum absolute atomic E-state index is 12.8. The number of imide groups is 1. The largest absolute Gasteiger partial charge is 0.375 e. The molecular weight excluding hydrogens is 497 g/mol. The molecule has 34 heavy (non-hydrogen) atoms. The van der Waals surface area contributed by atoms with E-state index < -0.39 is 11.8 Å². The van der Waals surface area contributed by atoms with Gasteiger partial charge in [0.25, 0.3) is 17.7 Å². The summed E-state index contributed by atoms with van der Waals surface area (Å²) in [6.45, 7) is 0.260. The molecule has 0 atom stereocenters. The summed E-state index contributed by atoms with van der Waals surface area (Å²) in [6, 6.07) is 20.7. The Morgan fingerprint density at radius 2 is 1.59 bits per heavy atom. The number of benzene rings is 3. The molecule has 3 amide bonds. The van der Waals surface area contributed by atoms with Crippen LogP contribution in [0.2, 0.25) is 10.0 Å². The molecule has 4 rings (SSSR count). The molecule has 1 heterocycles. The lowest BCUT2D eigenvalue weighted by atomic mass is 10.1. The molecule has 2 N–H and O–H groups in total. The lowest BCUT2D eigenvalue weighted by molar-refractivity contribution is -0.138. The molecule has 0 radical (unpaired) electrons.